The fourth-order valence-corrected chi connectivity index (χ4v) is 6.88. The molecule has 59 heavy (non-hydrogen) atoms. The van der Waals surface area contributed by atoms with Gasteiger partial charge in [0.15, 0.2) is 5.96 Å². The normalized spacial score (nSPS) is 22.6. The van der Waals surface area contributed by atoms with Crippen LogP contribution in [-0.4, -0.2) is 99.2 Å². The summed E-state index contributed by atoms with van der Waals surface area (Å²) >= 11 is 0. The lowest BCUT2D eigenvalue weighted by Crippen LogP contribution is -2.62. The molecule has 6 amide bonds. The Bertz CT molecular complexity index is 2090. The second kappa shape index (κ2) is 20.6. The Balaban J connectivity index is 1.55. The number of fused-ring (bicyclic) bond motifs is 1. The van der Waals surface area contributed by atoms with Gasteiger partial charge >= 0.3 is 0 Å². The van der Waals surface area contributed by atoms with E-state index in [1.807, 2.05) is 44.2 Å². The summed E-state index contributed by atoms with van der Waals surface area (Å²) in [6, 6.07) is 9.32. The molecule has 2 aromatic carbocycles. The molecular formula is C41H54N12O6. The molecule has 1 aliphatic rings. The molecule has 2 aromatic heterocycles. The summed E-state index contributed by atoms with van der Waals surface area (Å²) in [4.78, 5) is 94.9. The van der Waals surface area contributed by atoms with E-state index >= 15 is 0 Å². The van der Waals surface area contributed by atoms with Crippen molar-refractivity contribution in [1.29, 1.82) is 5.41 Å². The Morgan fingerprint density at radius 2 is 1.29 bits per heavy atom. The summed E-state index contributed by atoms with van der Waals surface area (Å²) in [5.74, 6) is -4.38. The maximum absolute atomic E-state index is 14.5. The quantitative estimate of drug-likeness (QED) is 0.0528. The number of hydrogen-bond donors (Lipinski definition) is 11. The van der Waals surface area contributed by atoms with Crippen molar-refractivity contribution < 1.29 is 28.8 Å². The Kier molecular flexibility index (Phi) is 15.2. The fraction of sp³-hybridized carbons (Fsp3) is 0.415. The average Bonchev–Trinajstić information content (AvgIpc) is 3.87. The first kappa shape index (κ1) is 43.4. The summed E-state index contributed by atoms with van der Waals surface area (Å²) in [6.07, 6.45) is 5.31. The highest BCUT2D eigenvalue weighted by atomic mass is 16.2. The molecule has 0 unspecified atom stereocenters. The van der Waals surface area contributed by atoms with Crippen LogP contribution in [0.3, 0.4) is 0 Å². The first-order chi connectivity index (χ1) is 28.3. The van der Waals surface area contributed by atoms with Gasteiger partial charge in [0.05, 0.1) is 12.0 Å². The first-order valence-electron chi connectivity index (χ1n) is 19.7. The maximum Gasteiger partial charge on any atom is 0.243 e. The number of carbonyl (C=O) groups is 6. The lowest BCUT2D eigenvalue weighted by atomic mass is 10.00. The lowest BCUT2D eigenvalue weighted by Gasteiger charge is -2.29. The third-order valence-electron chi connectivity index (χ3n) is 9.96. The smallest absolute Gasteiger partial charge is 0.243 e. The van der Waals surface area contributed by atoms with Crippen molar-refractivity contribution >= 4 is 52.3 Å². The van der Waals surface area contributed by atoms with Crippen molar-refractivity contribution in [3.8, 4) is 0 Å². The van der Waals surface area contributed by atoms with Crippen LogP contribution >= 0.6 is 0 Å². The van der Waals surface area contributed by atoms with Gasteiger partial charge in [-0.3, -0.25) is 34.2 Å². The number of aromatic amines is 2. The monoisotopic (exact) mass is 810 g/mol. The van der Waals surface area contributed by atoms with Crippen molar-refractivity contribution in [3.63, 3.8) is 0 Å². The van der Waals surface area contributed by atoms with Crippen LogP contribution < -0.4 is 43.0 Å². The van der Waals surface area contributed by atoms with E-state index in [2.05, 4.69) is 52.2 Å². The van der Waals surface area contributed by atoms with Crippen LogP contribution in [0.15, 0.2) is 73.3 Å². The van der Waals surface area contributed by atoms with Gasteiger partial charge in [0.1, 0.15) is 36.3 Å². The van der Waals surface area contributed by atoms with Crippen molar-refractivity contribution in [1.82, 2.24) is 52.2 Å². The Morgan fingerprint density at radius 3 is 1.93 bits per heavy atom. The number of rotatable bonds is 12. The minimum atomic E-state index is -1.26. The van der Waals surface area contributed by atoms with Gasteiger partial charge in [-0.05, 0) is 49.3 Å². The van der Waals surface area contributed by atoms with Crippen LogP contribution in [0.5, 0.6) is 0 Å². The summed E-state index contributed by atoms with van der Waals surface area (Å²) in [6.45, 7) is 5.41. The SMILES string of the molecule is CC(C)C[C@@H]1NC(=O)[C@H](C)NC(=O)[C@H](CCCNC(=N)N)NC(=O)[C@H](Cc2ccccc2)NC(=O)[C@H](Cc2c[nH]c3ccccc23)NC(=O)[C@H](Cc2c[nH]cn2)NC1=O. The van der Waals surface area contributed by atoms with Crippen molar-refractivity contribution in [2.24, 2.45) is 11.7 Å². The molecule has 5 rings (SSSR count). The standard InChI is InChI=1S/C41H54N12O6/c1-23(2)16-31-37(56)53-34(19-27-21-44-22-47-27)40(59)52-33(18-26-20-46-29-13-8-7-12-28(26)29)39(58)51-32(17-25-10-5-4-6-11-25)38(57)49-30(14-9-15-45-41(42)43)36(55)48-24(3)35(54)50-31/h4-8,10-13,20-24,30-34,46H,9,14-19H2,1-3H3,(H,44,47)(H,48,55)(H,49,57)(H,50,54)(H,51,58)(H,52,59)(H,53,56)(H4,42,43,45)/t24-,30-,31-,32-,33-,34-/m0/s1. The lowest BCUT2D eigenvalue weighted by molar-refractivity contribution is -0.136. The van der Waals surface area contributed by atoms with Gasteiger partial charge in [0.2, 0.25) is 35.4 Å². The zero-order valence-electron chi connectivity index (χ0n) is 33.4. The molecule has 3 heterocycles. The van der Waals surface area contributed by atoms with Gasteiger partial charge in [-0.15, -0.1) is 0 Å². The first-order valence-corrected chi connectivity index (χ1v) is 19.7. The highest BCUT2D eigenvalue weighted by Gasteiger charge is 2.35. The van der Waals surface area contributed by atoms with Crippen molar-refractivity contribution in [2.75, 3.05) is 6.54 Å². The number of amides is 6. The van der Waals surface area contributed by atoms with Crippen LogP contribution in [0.1, 0.15) is 56.9 Å². The highest BCUT2D eigenvalue weighted by molar-refractivity contribution is 5.98. The Labute approximate surface area is 341 Å². The number of hydrogen-bond acceptors (Lipinski definition) is 8. The number of para-hydroxylation sites is 1. The van der Waals surface area contributed by atoms with Crippen molar-refractivity contribution in [3.05, 3.63) is 90.1 Å². The average molecular weight is 811 g/mol. The van der Waals surface area contributed by atoms with Crippen LogP contribution in [0.4, 0.5) is 0 Å². The van der Waals surface area contributed by atoms with Gasteiger partial charge in [-0.1, -0.05) is 62.4 Å². The number of nitrogens with zero attached hydrogens (tertiary/aromatic N) is 1. The highest BCUT2D eigenvalue weighted by Crippen LogP contribution is 2.20. The van der Waals surface area contributed by atoms with Crippen LogP contribution in [0.2, 0.25) is 0 Å². The molecule has 0 aliphatic carbocycles. The summed E-state index contributed by atoms with van der Waals surface area (Å²) in [7, 11) is 0. The molecule has 1 fully saturated rings. The fourth-order valence-electron chi connectivity index (χ4n) is 6.88. The molecule has 4 aromatic rings. The number of benzene rings is 2. The predicted molar refractivity (Wildman–Crippen MR) is 220 cm³/mol. The summed E-state index contributed by atoms with van der Waals surface area (Å²) in [5.41, 5.74) is 8.14. The molecule has 1 aliphatic heterocycles. The zero-order chi connectivity index (χ0) is 42.5. The van der Waals surface area contributed by atoms with Crippen molar-refractivity contribution in [2.45, 2.75) is 95.5 Å². The third kappa shape index (κ3) is 12.6. The topological polar surface area (TPSA) is 281 Å². The van der Waals surface area contributed by atoms with E-state index in [1.165, 1.54) is 13.3 Å². The van der Waals surface area contributed by atoms with E-state index < -0.39 is 71.7 Å². The van der Waals surface area contributed by atoms with E-state index in [0.29, 0.717) is 23.2 Å². The summed E-state index contributed by atoms with van der Waals surface area (Å²) in [5, 5.41) is 27.6. The maximum atomic E-state index is 14.5. The van der Waals surface area contributed by atoms with Crippen LogP contribution in [0.25, 0.3) is 10.9 Å². The molecule has 12 N–H and O–H groups in total. The molecule has 0 bridgehead atoms. The number of nitrogens with two attached hydrogens (primary N) is 1. The van der Waals surface area contributed by atoms with E-state index in [4.69, 9.17) is 11.1 Å². The molecule has 0 radical (unpaired) electrons. The van der Waals surface area contributed by atoms with Gasteiger partial charge < -0.3 is 52.9 Å². The van der Waals surface area contributed by atoms with Crippen LogP contribution in [-0.2, 0) is 48.0 Å². The number of nitrogens with one attached hydrogen (secondary N) is 10. The Morgan fingerprint density at radius 1 is 0.712 bits per heavy atom. The second-order valence-corrected chi connectivity index (χ2v) is 15.2. The molecule has 18 nitrogen and oxygen atoms in total. The largest absolute Gasteiger partial charge is 0.370 e. The van der Waals surface area contributed by atoms with E-state index in [-0.39, 0.29) is 50.5 Å². The Hall–Kier alpha value is -6.72. The number of aromatic nitrogens is 3. The second-order valence-electron chi connectivity index (χ2n) is 15.2. The molecule has 6 atom stereocenters. The third-order valence-corrected chi connectivity index (χ3v) is 9.96. The van der Waals surface area contributed by atoms with Gasteiger partial charge in [-0.2, -0.15) is 0 Å². The number of carbonyl (C=O) groups excluding carboxylic acids is 6. The molecule has 18 heteroatoms. The minimum absolute atomic E-state index is 0.00241. The molecular weight excluding hydrogens is 757 g/mol. The molecule has 0 spiro atoms. The van der Waals surface area contributed by atoms with Gasteiger partial charge in [-0.25, -0.2) is 4.98 Å². The van der Waals surface area contributed by atoms with Crippen LogP contribution in [0, 0.1) is 11.3 Å². The van der Waals surface area contributed by atoms with E-state index in [0.717, 1.165) is 10.9 Å². The molecule has 0 saturated carbocycles. The predicted octanol–water partition coefficient (Wildman–Crippen LogP) is 0.171. The van der Waals surface area contributed by atoms with Gasteiger partial charge in [0, 0.05) is 49.1 Å². The molecule has 1 saturated heterocycles. The summed E-state index contributed by atoms with van der Waals surface area (Å²) < 4.78 is 0. The number of guanidine groups is 1. The number of H-pyrrole nitrogens is 2. The zero-order valence-corrected chi connectivity index (χ0v) is 33.4. The van der Waals surface area contributed by atoms with Gasteiger partial charge in [0.25, 0.3) is 0 Å². The molecule has 314 valence electrons. The minimum Gasteiger partial charge on any atom is -0.370 e. The number of imidazole rings is 1. The van der Waals surface area contributed by atoms with E-state index in [1.54, 1.807) is 36.7 Å². The van der Waals surface area contributed by atoms with E-state index in [9.17, 15) is 28.8 Å².